The second kappa shape index (κ2) is 39.3. The van der Waals surface area contributed by atoms with E-state index in [0.29, 0.717) is 19.3 Å². The minimum absolute atomic E-state index is 0.112. The van der Waals surface area contributed by atoms with E-state index in [0.717, 1.165) is 50.9 Å². The third kappa shape index (κ3) is 40.6. The van der Waals surface area contributed by atoms with Crippen molar-refractivity contribution in [1.82, 2.24) is 0 Å². The monoisotopic (exact) mass is 951 g/mol. The molecule has 0 aromatic heterocycles. The van der Waals surface area contributed by atoms with E-state index in [1.807, 2.05) is 6.08 Å². The van der Waals surface area contributed by atoms with Gasteiger partial charge in [-0.2, -0.15) is 0 Å². The lowest BCUT2D eigenvalue weighted by Crippen LogP contribution is -2.30. The van der Waals surface area contributed by atoms with E-state index in [1.165, 1.54) is 103 Å². The minimum atomic E-state index is -4.87. The lowest BCUT2D eigenvalue weighted by atomic mass is 10.0. The van der Waals surface area contributed by atoms with Gasteiger partial charge in [0.05, 0.1) is 32.0 Å². The van der Waals surface area contributed by atoms with Gasteiger partial charge in [0.1, 0.15) is 12.7 Å². The van der Waals surface area contributed by atoms with Gasteiger partial charge in [-0.05, 0) is 57.3 Å². The van der Waals surface area contributed by atoms with Crippen molar-refractivity contribution in [2.75, 3.05) is 26.4 Å². The van der Waals surface area contributed by atoms with E-state index in [9.17, 15) is 28.7 Å². The summed E-state index contributed by atoms with van der Waals surface area (Å²) in [7, 11) is -9.70. The summed E-state index contributed by atoms with van der Waals surface area (Å²) in [6.45, 7) is 4.03. The van der Waals surface area contributed by atoms with Crippen molar-refractivity contribution in [3.8, 4) is 0 Å². The number of aliphatic hydroxyl groups excluding tert-OH is 1. The number of aliphatic hydroxyl groups is 1. The van der Waals surface area contributed by atoms with Crippen LogP contribution in [0.1, 0.15) is 201 Å². The predicted octanol–water partition coefficient (Wildman–Crippen LogP) is 12.1. The molecule has 1 fully saturated rings. The van der Waals surface area contributed by atoms with Gasteiger partial charge >= 0.3 is 27.6 Å². The molecule has 0 amide bonds. The molecular weight excluding hydrogens is 862 g/mol. The smallest absolute Gasteiger partial charge is 0.462 e. The molecule has 0 radical (unpaired) electrons. The average molecular weight is 951 g/mol. The number of ether oxygens (including phenoxy) is 3. The first kappa shape index (κ1) is 60.3. The summed E-state index contributed by atoms with van der Waals surface area (Å²) in [5.74, 6) is -0.279. The maximum atomic E-state index is 12.7. The van der Waals surface area contributed by atoms with E-state index in [1.54, 1.807) is 0 Å². The largest absolute Gasteiger partial charge is 0.472 e. The van der Waals surface area contributed by atoms with E-state index < -0.39 is 66.2 Å². The Balaban J connectivity index is 2.34. The van der Waals surface area contributed by atoms with Crippen molar-refractivity contribution < 1.29 is 66.3 Å². The number of allylic oxidation sites excluding steroid dienone is 4. The molecule has 1 heterocycles. The molecule has 0 aliphatic carbocycles. The molecule has 374 valence electrons. The Hall–Kier alpha value is -1.70. The van der Waals surface area contributed by atoms with Crippen molar-refractivity contribution >= 4 is 27.6 Å². The summed E-state index contributed by atoms with van der Waals surface area (Å²) in [4.78, 5) is 52.9. The Morgan fingerprint density at radius 1 is 0.578 bits per heavy atom. The highest BCUT2D eigenvalue weighted by molar-refractivity contribution is 7.47. The van der Waals surface area contributed by atoms with Gasteiger partial charge in [0.2, 0.25) is 0 Å². The number of carbonyl (C=O) groups is 2. The van der Waals surface area contributed by atoms with Gasteiger partial charge in [-0.1, -0.05) is 173 Å². The van der Waals surface area contributed by atoms with Crippen LogP contribution in [0.15, 0.2) is 36.5 Å². The molecule has 1 aliphatic heterocycles. The first-order chi connectivity index (χ1) is 30.7. The van der Waals surface area contributed by atoms with Crippen LogP contribution < -0.4 is 0 Å². The van der Waals surface area contributed by atoms with Crippen LogP contribution in [0.25, 0.3) is 0 Å². The summed E-state index contributed by atoms with van der Waals surface area (Å²) in [6, 6.07) is 0. The van der Waals surface area contributed by atoms with Crippen LogP contribution in [0.3, 0.4) is 0 Å². The molecule has 1 saturated heterocycles. The van der Waals surface area contributed by atoms with Crippen molar-refractivity contribution in [3.05, 3.63) is 36.5 Å². The van der Waals surface area contributed by atoms with Crippen molar-refractivity contribution in [2.24, 2.45) is 5.92 Å². The van der Waals surface area contributed by atoms with Crippen LogP contribution in [0.4, 0.5) is 0 Å². The molecular formula is C48H88O14P2. The molecule has 1 aliphatic rings. The third-order valence-corrected chi connectivity index (χ3v) is 12.3. The van der Waals surface area contributed by atoms with E-state index in [2.05, 4.69) is 55.7 Å². The fourth-order valence-electron chi connectivity index (χ4n) is 6.98. The van der Waals surface area contributed by atoms with Gasteiger partial charge in [-0.3, -0.25) is 23.2 Å². The molecule has 5 atom stereocenters. The average Bonchev–Trinajstić information content (AvgIpc) is 4.00. The Kier molecular flexibility index (Phi) is 37.0. The molecule has 1 rings (SSSR count). The van der Waals surface area contributed by atoms with Crippen molar-refractivity contribution in [3.63, 3.8) is 0 Å². The summed E-state index contributed by atoms with van der Waals surface area (Å²) >= 11 is 0. The topological polar surface area (TPSA) is 208 Å². The molecule has 0 saturated carbocycles. The molecule has 64 heavy (non-hydrogen) atoms. The molecule has 4 N–H and O–H groups in total. The second-order valence-corrected chi connectivity index (χ2v) is 20.3. The number of carbonyl (C=O) groups excluding carboxylic acids is 2. The highest BCUT2D eigenvalue weighted by Gasteiger charge is 2.36. The zero-order valence-corrected chi connectivity index (χ0v) is 41.5. The summed E-state index contributed by atoms with van der Waals surface area (Å²) < 4.78 is 53.7. The zero-order chi connectivity index (χ0) is 47.2. The van der Waals surface area contributed by atoms with Crippen LogP contribution in [0.2, 0.25) is 0 Å². The lowest BCUT2D eigenvalue weighted by Gasteiger charge is -2.20. The van der Waals surface area contributed by atoms with E-state index >= 15 is 0 Å². The lowest BCUT2D eigenvalue weighted by molar-refractivity contribution is -0.161. The van der Waals surface area contributed by atoms with Crippen molar-refractivity contribution in [1.29, 1.82) is 0 Å². The number of unbranched alkanes of at least 4 members (excludes halogenated alkanes) is 19. The van der Waals surface area contributed by atoms with Gasteiger partial charge in [0.15, 0.2) is 6.10 Å². The number of hydrogen-bond donors (Lipinski definition) is 4. The first-order valence-electron chi connectivity index (χ1n) is 24.7. The molecule has 16 heteroatoms. The van der Waals surface area contributed by atoms with E-state index in [-0.39, 0.29) is 25.0 Å². The van der Waals surface area contributed by atoms with Crippen LogP contribution in [-0.4, -0.2) is 82.6 Å². The number of hydrogen-bond acceptors (Lipinski definition) is 11. The number of epoxide rings is 1. The molecule has 14 nitrogen and oxygen atoms in total. The molecule has 0 bridgehead atoms. The fourth-order valence-corrected chi connectivity index (χ4v) is 8.14. The Morgan fingerprint density at radius 3 is 1.64 bits per heavy atom. The molecule has 0 aromatic rings. The highest BCUT2D eigenvalue weighted by Crippen LogP contribution is 2.44. The number of phosphoric acid groups is 2. The quantitative estimate of drug-likeness (QED) is 0.0147. The Morgan fingerprint density at radius 2 is 1.06 bits per heavy atom. The SMILES string of the molecule is CCCCC/C=C\C/C=C\CC1OC1C/C=C\CCCC(=O)OC[C@H](COP(=O)(O)OC[C@@H](O)COP(=O)(O)O)OC(=O)CCCCCCCCCCCCCCCCCCC(C)C. The molecule has 0 aromatic carbocycles. The van der Waals surface area contributed by atoms with Crippen LogP contribution in [0.5, 0.6) is 0 Å². The van der Waals surface area contributed by atoms with Gasteiger partial charge in [0.25, 0.3) is 0 Å². The number of rotatable bonds is 45. The maximum absolute atomic E-state index is 12.7. The zero-order valence-electron chi connectivity index (χ0n) is 39.7. The molecule has 3 unspecified atom stereocenters. The standard InChI is InChI=1S/C48H88O14P2/c1-4-5-6-7-8-17-21-24-29-34-45-46(62-45)35-30-26-27-31-36-47(50)57-40-44(41-60-64(55,56)59-39-43(49)38-58-63(52,53)54)61-48(51)37-32-25-22-19-16-14-12-10-9-11-13-15-18-20-23-28-33-42(2)3/h8,17,24,26,29-30,42-46,49H,4-7,9-16,18-23,25,27-28,31-41H2,1-3H3,(H,55,56)(H2,52,53,54)/b17-8-,29-24-,30-26-/t43-,44+,45?,46?/m0/s1. The normalized spacial score (nSPS) is 17.4. The minimum Gasteiger partial charge on any atom is -0.462 e. The summed E-state index contributed by atoms with van der Waals surface area (Å²) in [6.07, 6.45) is 40.2. The van der Waals surface area contributed by atoms with Crippen molar-refractivity contribution in [2.45, 2.75) is 225 Å². The molecule has 0 spiro atoms. The maximum Gasteiger partial charge on any atom is 0.472 e. The van der Waals surface area contributed by atoms with Crippen LogP contribution in [0, 0.1) is 5.92 Å². The van der Waals surface area contributed by atoms with Crippen LogP contribution >= 0.6 is 15.6 Å². The Bertz CT molecular complexity index is 1350. The summed E-state index contributed by atoms with van der Waals surface area (Å²) in [5, 5.41) is 9.78. The van der Waals surface area contributed by atoms with Gasteiger partial charge < -0.3 is 34.0 Å². The van der Waals surface area contributed by atoms with Gasteiger partial charge in [0, 0.05) is 12.8 Å². The fraction of sp³-hybridized carbons (Fsp3) is 0.833. The number of esters is 2. The third-order valence-electron chi connectivity index (χ3n) is 10.9. The first-order valence-corrected chi connectivity index (χ1v) is 27.7. The van der Waals surface area contributed by atoms with Gasteiger partial charge in [-0.15, -0.1) is 0 Å². The summed E-state index contributed by atoms with van der Waals surface area (Å²) in [5.41, 5.74) is 0. The second-order valence-electron chi connectivity index (χ2n) is 17.6. The Labute approximate surface area is 386 Å². The predicted molar refractivity (Wildman–Crippen MR) is 252 cm³/mol. The van der Waals surface area contributed by atoms with Gasteiger partial charge in [-0.25, -0.2) is 9.13 Å². The highest BCUT2D eigenvalue weighted by atomic mass is 31.2. The number of phosphoric ester groups is 2. The van der Waals surface area contributed by atoms with E-state index in [4.69, 9.17) is 33.0 Å². The van der Waals surface area contributed by atoms with Crippen LogP contribution in [-0.2, 0) is 46.5 Å².